The van der Waals surface area contributed by atoms with Gasteiger partial charge in [0.15, 0.2) is 0 Å². The van der Waals surface area contributed by atoms with Gasteiger partial charge >= 0.3 is 6.36 Å². The van der Waals surface area contributed by atoms with Gasteiger partial charge in [-0.15, -0.1) is 13.2 Å². The van der Waals surface area contributed by atoms with Crippen LogP contribution in [0, 0.1) is 11.6 Å². The smallest absolute Gasteiger partial charge is 0.406 e. The summed E-state index contributed by atoms with van der Waals surface area (Å²) in [6.07, 6.45) is -4.80. The quantitative estimate of drug-likeness (QED) is 0.579. The van der Waals surface area contributed by atoms with E-state index in [0.717, 1.165) is 24.3 Å². The molecule has 1 atom stereocenters. The van der Waals surface area contributed by atoms with Gasteiger partial charge in [-0.2, -0.15) is 4.98 Å². The first kappa shape index (κ1) is 19.8. The van der Waals surface area contributed by atoms with Crippen LogP contribution in [0.25, 0.3) is 11.4 Å². The SMILES string of the molecule is O=C1CC(c2nc(-c3ccc(OC(F)(F)F)cc3)no2)CN1c1cc(F)cc(F)c1. The van der Waals surface area contributed by atoms with Crippen LogP contribution in [-0.2, 0) is 4.79 Å². The maximum atomic E-state index is 13.4. The summed E-state index contributed by atoms with van der Waals surface area (Å²) in [5, 5.41) is 3.79. The first-order valence-electron chi connectivity index (χ1n) is 8.64. The van der Waals surface area contributed by atoms with Gasteiger partial charge in [-0.1, -0.05) is 5.16 Å². The third-order valence-electron chi connectivity index (χ3n) is 4.42. The molecule has 1 aliphatic rings. The van der Waals surface area contributed by atoms with Gasteiger partial charge in [0.1, 0.15) is 17.4 Å². The van der Waals surface area contributed by atoms with Crippen molar-refractivity contribution in [3.63, 3.8) is 0 Å². The first-order valence-corrected chi connectivity index (χ1v) is 8.64. The Morgan fingerprint density at radius 1 is 1.07 bits per heavy atom. The van der Waals surface area contributed by atoms with Crippen LogP contribution in [0.2, 0.25) is 0 Å². The molecule has 0 N–H and O–H groups in total. The van der Waals surface area contributed by atoms with E-state index in [2.05, 4.69) is 14.9 Å². The standard InChI is InChI=1S/C19H12F5N3O3/c20-12-6-13(21)8-14(7-12)27-9-11(5-16(27)28)18-25-17(26-30-18)10-1-3-15(4-2-10)29-19(22,23)24/h1-4,6-8,11H,5,9H2. The number of carbonyl (C=O) groups excluding carboxylic acids is 1. The van der Waals surface area contributed by atoms with Crippen molar-refractivity contribution >= 4 is 11.6 Å². The lowest BCUT2D eigenvalue weighted by Gasteiger charge is -2.16. The Balaban J connectivity index is 1.50. The van der Waals surface area contributed by atoms with Gasteiger partial charge in [0.25, 0.3) is 0 Å². The molecule has 1 aromatic heterocycles. The monoisotopic (exact) mass is 425 g/mol. The Morgan fingerprint density at radius 3 is 2.37 bits per heavy atom. The van der Waals surface area contributed by atoms with Crippen LogP contribution in [0.15, 0.2) is 47.0 Å². The van der Waals surface area contributed by atoms with Crippen LogP contribution in [0.4, 0.5) is 27.6 Å². The number of ether oxygens (including phenoxy) is 1. The zero-order chi connectivity index (χ0) is 21.5. The van der Waals surface area contributed by atoms with Crippen LogP contribution < -0.4 is 9.64 Å². The van der Waals surface area contributed by atoms with E-state index in [1.165, 1.54) is 17.0 Å². The molecule has 0 spiro atoms. The highest BCUT2D eigenvalue weighted by atomic mass is 19.4. The van der Waals surface area contributed by atoms with Crippen LogP contribution in [0.3, 0.4) is 0 Å². The van der Waals surface area contributed by atoms with E-state index in [1.807, 2.05) is 0 Å². The molecule has 1 unspecified atom stereocenters. The summed E-state index contributed by atoms with van der Waals surface area (Å²) in [5.41, 5.74) is 0.466. The molecule has 1 fully saturated rings. The number of rotatable bonds is 4. The van der Waals surface area contributed by atoms with Crippen molar-refractivity contribution in [3.8, 4) is 17.1 Å². The largest absolute Gasteiger partial charge is 0.573 e. The molecular weight excluding hydrogens is 413 g/mol. The first-order chi connectivity index (χ1) is 14.2. The predicted octanol–water partition coefficient (Wildman–Crippen LogP) is 4.43. The van der Waals surface area contributed by atoms with E-state index < -0.39 is 29.7 Å². The molecule has 6 nitrogen and oxygen atoms in total. The van der Waals surface area contributed by atoms with Crippen LogP contribution >= 0.6 is 0 Å². The van der Waals surface area contributed by atoms with Crippen LogP contribution in [0.5, 0.6) is 5.75 Å². The maximum absolute atomic E-state index is 13.4. The molecule has 4 rings (SSSR count). The number of amides is 1. The van der Waals surface area contributed by atoms with Crippen molar-refractivity contribution in [3.05, 3.63) is 60.0 Å². The number of anilines is 1. The second-order valence-electron chi connectivity index (χ2n) is 6.56. The van der Waals surface area contributed by atoms with E-state index in [4.69, 9.17) is 4.52 Å². The maximum Gasteiger partial charge on any atom is 0.573 e. The fourth-order valence-corrected chi connectivity index (χ4v) is 3.14. The van der Waals surface area contributed by atoms with Gasteiger partial charge in [-0.25, -0.2) is 8.78 Å². The summed E-state index contributed by atoms with van der Waals surface area (Å²) in [6, 6.07) is 7.68. The van der Waals surface area contributed by atoms with Crippen molar-refractivity contribution in [2.24, 2.45) is 0 Å². The summed E-state index contributed by atoms with van der Waals surface area (Å²) in [7, 11) is 0. The third-order valence-corrected chi connectivity index (χ3v) is 4.42. The Labute approximate surface area is 165 Å². The molecule has 1 saturated heterocycles. The van der Waals surface area contributed by atoms with E-state index in [-0.39, 0.29) is 36.3 Å². The zero-order valence-electron chi connectivity index (χ0n) is 15.0. The number of carbonyl (C=O) groups is 1. The van der Waals surface area contributed by atoms with E-state index in [9.17, 15) is 26.7 Å². The minimum absolute atomic E-state index is 0.00186. The van der Waals surface area contributed by atoms with Gasteiger partial charge in [-0.05, 0) is 36.4 Å². The zero-order valence-corrected chi connectivity index (χ0v) is 15.0. The van der Waals surface area contributed by atoms with Gasteiger partial charge in [0.05, 0.1) is 5.92 Å². The Bertz CT molecular complexity index is 1060. The average Bonchev–Trinajstić information content (AvgIpc) is 3.27. The fraction of sp³-hybridized carbons (Fsp3) is 0.211. The Hall–Kier alpha value is -3.50. The lowest BCUT2D eigenvalue weighted by Crippen LogP contribution is -2.24. The molecule has 2 heterocycles. The number of hydrogen-bond acceptors (Lipinski definition) is 5. The number of aromatic nitrogens is 2. The Kier molecular flexibility index (Phi) is 4.88. The van der Waals surface area contributed by atoms with Gasteiger partial charge in [0, 0.05) is 30.3 Å². The molecule has 0 aliphatic carbocycles. The summed E-state index contributed by atoms with van der Waals surface area (Å²) in [5.74, 6) is -2.62. The second-order valence-corrected chi connectivity index (χ2v) is 6.56. The fourth-order valence-electron chi connectivity index (χ4n) is 3.14. The third kappa shape index (κ3) is 4.24. The number of nitrogens with zero attached hydrogens (tertiary/aromatic N) is 3. The van der Waals surface area contributed by atoms with Crippen molar-refractivity contribution in [2.45, 2.75) is 18.7 Å². The van der Waals surface area contributed by atoms with Gasteiger partial charge in [-0.3, -0.25) is 4.79 Å². The van der Waals surface area contributed by atoms with Crippen molar-refractivity contribution in [1.29, 1.82) is 0 Å². The molecular formula is C19H12F5N3O3. The highest BCUT2D eigenvalue weighted by Gasteiger charge is 2.35. The molecule has 2 aromatic carbocycles. The van der Waals surface area contributed by atoms with Crippen LogP contribution in [-0.4, -0.2) is 29.0 Å². The number of hydrogen-bond donors (Lipinski definition) is 0. The van der Waals surface area contributed by atoms with Crippen molar-refractivity contribution < 1.29 is 36.0 Å². The highest BCUT2D eigenvalue weighted by Crippen LogP contribution is 2.33. The molecule has 0 bridgehead atoms. The van der Waals surface area contributed by atoms with Crippen molar-refractivity contribution in [1.82, 2.24) is 10.1 Å². The average molecular weight is 425 g/mol. The molecule has 1 amide bonds. The number of benzene rings is 2. The van der Waals surface area contributed by atoms with E-state index in [0.29, 0.717) is 11.6 Å². The Morgan fingerprint density at radius 2 is 1.73 bits per heavy atom. The summed E-state index contributed by atoms with van der Waals surface area (Å²) >= 11 is 0. The van der Waals surface area contributed by atoms with E-state index in [1.54, 1.807) is 0 Å². The molecule has 30 heavy (non-hydrogen) atoms. The number of alkyl halides is 3. The molecule has 0 saturated carbocycles. The summed E-state index contributed by atoms with van der Waals surface area (Å²) in [4.78, 5) is 17.7. The molecule has 1 aliphatic heterocycles. The lowest BCUT2D eigenvalue weighted by molar-refractivity contribution is -0.274. The normalized spacial score (nSPS) is 16.9. The minimum Gasteiger partial charge on any atom is -0.406 e. The van der Waals surface area contributed by atoms with Gasteiger partial charge in [0.2, 0.25) is 17.6 Å². The molecule has 11 heteroatoms. The highest BCUT2D eigenvalue weighted by molar-refractivity contribution is 5.96. The number of halogens is 5. The summed E-state index contributed by atoms with van der Waals surface area (Å²) < 4.78 is 72.6. The van der Waals surface area contributed by atoms with Gasteiger partial charge < -0.3 is 14.2 Å². The second kappa shape index (κ2) is 7.39. The van der Waals surface area contributed by atoms with Crippen LogP contribution in [0.1, 0.15) is 18.2 Å². The van der Waals surface area contributed by atoms with E-state index >= 15 is 0 Å². The predicted molar refractivity (Wildman–Crippen MR) is 92.5 cm³/mol. The molecule has 156 valence electrons. The molecule has 3 aromatic rings. The van der Waals surface area contributed by atoms with Crippen molar-refractivity contribution in [2.75, 3.05) is 11.4 Å². The topological polar surface area (TPSA) is 68.5 Å². The minimum atomic E-state index is -4.80. The summed E-state index contributed by atoms with van der Waals surface area (Å²) in [6.45, 7) is 0.0850. The lowest BCUT2D eigenvalue weighted by atomic mass is 10.1. The molecule has 0 radical (unpaired) electrons.